The highest BCUT2D eigenvalue weighted by molar-refractivity contribution is 7.18. The van der Waals surface area contributed by atoms with Crippen LogP contribution in [-0.4, -0.2) is 19.1 Å². The number of aryl methyl sites for hydroxylation is 3. The van der Waals surface area contributed by atoms with E-state index in [1.54, 1.807) is 28.6 Å². The maximum absolute atomic E-state index is 12.7. The summed E-state index contributed by atoms with van der Waals surface area (Å²) in [5.41, 5.74) is 2.18. The van der Waals surface area contributed by atoms with Crippen LogP contribution in [0.3, 0.4) is 0 Å². The molecule has 4 rings (SSSR count). The molecule has 3 heterocycles. The molecule has 0 unspecified atom stereocenters. The molecule has 3 aromatic heterocycles. The molecule has 0 radical (unpaired) electrons. The van der Waals surface area contributed by atoms with E-state index < -0.39 is 0 Å². The minimum absolute atomic E-state index is 0.0695. The lowest BCUT2D eigenvalue weighted by Gasteiger charge is -2.03. The van der Waals surface area contributed by atoms with Gasteiger partial charge in [-0.25, -0.2) is 9.97 Å². The molecule has 0 N–H and O–H groups in total. The van der Waals surface area contributed by atoms with Crippen LogP contribution in [0.15, 0.2) is 23.6 Å². The molecule has 0 bridgehead atoms. The number of aromatic nitrogens is 4. The molecule has 3 aromatic rings. The van der Waals surface area contributed by atoms with Crippen molar-refractivity contribution in [3.8, 4) is 0 Å². The molecular formula is C14H14N4OS. The second-order valence-corrected chi connectivity index (χ2v) is 6.33. The van der Waals surface area contributed by atoms with Crippen molar-refractivity contribution in [2.24, 2.45) is 7.05 Å². The van der Waals surface area contributed by atoms with Gasteiger partial charge in [0.15, 0.2) is 0 Å². The van der Waals surface area contributed by atoms with Crippen molar-refractivity contribution < 1.29 is 0 Å². The van der Waals surface area contributed by atoms with Crippen molar-refractivity contribution in [3.05, 3.63) is 45.3 Å². The molecule has 1 aliphatic rings. The minimum Gasteiger partial charge on any atom is -0.340 e. The van der Waals surface area contributed by atoms with Gasteiger partial charge in [-0.15, -0.1) is 11.3 Å². The number of hydrogen-bond acceptors (Lipinski definition) is 4. The number of imidazole rings is 1. The van der Waals surface area contributed by atoms with Gasteiger partial charge >= 0.3 is 0 Å². The molecule has 0 saturated heterocycles. The van der Waals surface area contributed by atoms with E-state index in [0.717, 1.165) is 35.2 Å². The minimum atomic E-state index is 0.0695. The normalized spacial score (nSPS) is 14.1. The zero-order chi connectivity index (χ0) is 13.7. The first-order valence-corrected chi connectivity index (χ1v) is 7.50. The van der Waals surface area contributed by atoms with Gasteiger partial charge < -0.3 is 4.57 Å². The van der Waals surface area contributed by atoms with Gasteiger partial charge in [-0.2, -0.15) is 0 Å². The zero-order valence-electron chi connectivity index (χ0n) is 11.2. The SMILES string of the molecule is Cn1cnc(Cn2cnc3sc4c(c3c2=O)CCC4)c1. The smallest absolute Gasteiger partial charge is 0.262 e. The molecule has 20 heavy (non-hydrogen) atoms. The molecule has 0 saturated carbocycles. The highest BCUT2D eigenvalue weighted by atomic mass is 32.1. The van der Waals surface area contributed by atoms with Crippen LogP contribution in [0.1, 0.15) is 22.6 Å². The van der Waals surface area contributed by atoms with Crippen molar-refractivity contribution in [1.29, 1.82) is 0 Å². The Morgan fingerprint density at radius 2 is 2.20 bits per heavy atom. The first-order valence-electron chi connectivity index (χ1n) is 6.69. The van der Waals surface area contributed by atoms with Crippen molar-refractivity contribution in [3.63, 3.8) is 0 Å². The Morgan fingerprint density at radius 3 is 3.00 bits per heavy atom. The van der Waals surface area contributed by atoms with Crippen LogP contribution in [0, 0.1) is 0 Å². The predicted octanol–water partition coefficient (Wildman–Crippen LogP) is 1.73. The van der Waals surface area contributed by atoms with Crippen molar-refractivity contribution in [1.82, 2.24) is 19.1 Å². The third kappa shape index (κ3) is 1.71. The monoisotopic (exact) mass is 286 g/mol. The summed E-state index contributed by atoms with van der Waals surface area (Å²) in [6, 6.07) is 0. The summed E-state index contributed by atoms with van der Waals surface area (Å²) < 4.78 is 3.55. The molecule has 0 atom stereocenters. The first kappa shape index (κ1) is 11.8. The summed E-state index contributed by atoms with van der Waals surface area (Å²) in [7, 11) is 1.92. The lowest BCUT2D eigenvalue weighted by atomic mass is 10.2. The predicted molar refractivity (Wildman–Crippen MR) is 78.2 cm³/mol. The van der Waals surface area contributed by atoms with Gasteiger partial charge in [0.2, 0.25) is 0 Å². The fourth-order valence-corrected chi connectivity index (χ4v) is 4.07. The molecule has 0 aromatic carbocycles. The summed E-state index contributed by atoms with van der Waals surface area (Å²) in [5, 5.41) is 0.834. The lowest BCUT2D eigenvalue weighted by Crippen LogP contribution is -2.21. The van der Waals surface area contributed by atoms with Crippen LogP contribution in [0.25, 0.3) is 10.2 Å². The Balaban J connectivity index is 1.85. The van der Waals surface area contributed by atoms with E-state index in [0.29, 0.717) is 6.54 Å². The summed E-state index contributed by atoms with van der Waals surface area (Å²) in [6.45, 7) is 0.479. The molecule has 6 heteroatoms. The summed E-state index contributed by atoms with van der Waals surface area (Å²) >= 11 is 1.68. The van der Waals surface area contributed by atoms with Crippen LogP contribution in [0.2, 0.25) is 0 Å². The summed E-state index contributed by atoms with van der Waals surface area (Å²) in [6.07, 6.45) is 8.58. The molecule has 0 amide bonds. The molecular weight excluding hydrogens is 272 g/mol. The zero-order valence-corrected chi connectivity index (χ0v) is 12.0. The van der Waals surface area contributed by atoms with E-state index >= 15 is 0 Å². The first-order chi connectivity index (χ1) is 9.72. The van der Waals surface area contributed by atoms with Gasteiger partial charge in [-0.1, -0.05) is 0 Å². The topological polar surface area (TPSA) is 52.7 Å². The Kier molecular flexibility index (Phi) is 2.53. The van der Waals surface area contributed by atoms with Crippen LogP contribution < -0.4 is 5.56 Å². The molecule has 0 spiro atoms. The largest absolute Gasteiger partial charge is 0.340 e. The maximum atomic E-state index is 12.7. The van der Waals surface area contributed by atoms with Gasteiger partial charge in [-0.3, -0.25) is 9.36 Å². The molecule has 102 valence electrons. The van der Waals surface area contributed by atoms with Crippen LogP contribution >= 0.6 is 11.3 Å². The molecule has 0 fully saturated rings. The second-order valence-electron chi connectivity index (χ2n) is 5.25. The van der Waals surface area contributed by atoms with Crippen molar-refractivity contribution in [2.45, 2.75) is 25.8 Å². The van der Waals surface area contributed by atoms with E-state index in [2.05, 4.69) is 9.97 Å². The van der Waals surface area contributed by atoms with E-state index in [1.807, 2.05) is 17.8 Å². The summed E-state index contributed by atoms with van der Waals surface area (Å²) in [5.74, 6) is 0. The van der Waals surface area contributed by atoms with Crippen LogP contribution in [0.5, 0.6) is 0 Å². The quantitative estimate of drug-likeness (QED) is 0.721. The van der Waals surface area contributed by atoms with Gasteiger partial charge in [-0.05, 0) is 24.8 Å². The van der Waals surface area contributed by atoms with E-state index in [-0.39, 0.29) is 5.56 Å². The highest BCUT2D eigenvalue weighted by Gasteiger charge is 2.21. The van der Waals surface area contributed by atoms with Crippen LogP contribution in [0.4, 0.5) is 0 Å². The van der Waals surface area contributed by atoms with Crippen LogP contribution in [-0.2, 0) is 26.4 Å². The average molecular weight is 286 g/mol. The van der Waals surface area contributed by atoms with E-state index in [4.69, 9.17) is 0 Å². The van der Waals surface area contributed by atoms with Crippen molar-refractivity contribution in [2.75, 3.05) is 0 Å². The fourth-order valence-electron chi connectivity index (χ4n) is 2.86. The molecule has 1 aliphatic carbocycles. The molecule has 5 nitrogen and oxygen atoms in total. The van der Waals surface area contributed by atoms with E-state index in [9.17, 15) is 4.79 Å². The Hall–Kier alpha value is -1.95. The third-order valence-corrected chi connectivity index (χ3v) is 4.98. The fraction of sp³-hybridized carbons (Fsp3) is 0.357. The lowest BCUT2D eigenvalue weighted by molar-refractivity contribution is 0.732. The average Bonchev–Trinajstić information content (AvgIpc) is 3.08. The van der Waals surface area contributed by atoms with Gasteiger partial charge in [0.05, 0.1) is 30.3 Å². The van der Waals surface area contributed by atoms with Gasteiger partial charge in [0.25, 0.3) is 5.56 Å². The standard InChI is InChI=1S/C14H14N4OS/c1-17-5-9(15-7-17)6-18-8-16-13-12(14(18)19)10-3-2-4-11(10)20-13/h5,7-8H,2-4,6H2,1H3. The highest BCUT2D eigenvalue weighted by Crippen LogP contribution is 2.34. The number of rotatable bonds is 2. The second kappa shape index (κ2) is 4.28. The number of nitrogens with zero attached hydrogens (tertiary/aromatic N) is 4. The molecule has 0 aliphatic heterocycles. The Morgan fingerprint density at radius 1 is 1.30 bits per heavy atom. The van der Waals surface area contributed by atoms with E-state index in [1.165, 1.54) is 10.4 Å². The number of thiophene rings is 1. The summed E-state index contributed by atoms with van der Waals surface area (Å²) in [4.78, 5) is 23.6. The maximum Gasteiger partial charge on any atom is 0.262 e. The number of fused-ring (bicyclic) bond motifs is 3. The van der Waals surface area contributed by atoms with Gasteiger partial charge in [0, 0.05) is 18.1 Å². The Labute approximate surface area is 119 Å². The third-order valence-electron chi connectivity index (χ3n) is 3.78. The Bertz CT molecular complexity index is 858. The van der Waals surface area contributed by atoms with Crippen molar-refractivity contribution >= 4 is 21.6 Å². The number of hydrogen-bond donors (Lipinski definition) is 0. The van der Waals surface area contributed by atoms with Gasteiger partial charge in [0.1, 0.15) is 4.83 Å².